The molecule has 0 aliphatic carbocycles. The van der Waals surface area contributed by atoms with Gasteiger partial charge in [-0.25, -0.2) is 14.1 Å². The summed E-state index contributed by atoms with van der Waals surface area (Å²) < 4.78 is 15.5. The maximum Gasteiger partial charge on any atom is 0.295 e. The number of rotatable bonds is 3. The lowest BCUT2D eigenvalue weighted by Gasteiger charge is -2.05. The summed E-state index contributed by atoms with van der Waals surface area (Å²) in [5.74, 6) is -0.142. The van der Waals surface area contributed by atoms with Crippen LogP contribution < -0.4 is 5.32 Å². The molecule has 3 aromatic rings. The van der Waals surface area contributed by atoms with Gasteiger partial charge >= 0.3 is 0 Å². The summed E-state index contributed by atoms with van der Waals surface area (Å²) >= 11 is 3.42. The fourth-order valence-corrected chi connectivity index (χ4v) is 2.47. The van der Waals surface area contributed by atoms with Gasteiger partial charge in [-0.1, -0.05) is 15.9 Å². The normalized spacial score (nSPS) is 10.7. The summed E-state index contributed by atoms with van der Waals surface area (Å²) in [5.41, 5.74) is 2.31. The average molecular weight is 389 g/mol. The predicted molar refractivity (Wildman–Crippen MR) is 92.9 cm³/mol. The molecule has 1 amide bonds. The molecule has 0 saturated carbocycles. The van der Waals surface area contributed by atoms with Crippen molar-refractivity contribution in [2.45, 2.75) is 13.8 Å². The predicted octanol–water partition coefficient (Wildman–Crippen LogP) is 4.04. The molecule has 1 N–H and O–H groups in total. The number of nitrogens with one attached hydrogen (secondary N) is 1. The summed E-state index contributed by atoms with van der Waals surface area (Å²) in [6.45, 7) is 3.67. The third-order valence-corrected chi connectivity index (χ3v) is 4.35. The number of carbonyl (C=O) groups is 1. The molecule has 1 heterocycles. The van der Waals surface area contributed by atoms with Crippen LogP contribution >= 0.6 is 15.9 Å². The zero-order chi connectivity index (χ0) is 17.3. The molecule has 3 rings (SSSR count). The van der Waals surface area contributed by atoms with E-state index in [1.54, 1.807) is 25.1 Å². The van der Waals surface area contributed by atoms with Gasteiger partial charge in [0.05, 0.1) is 5.69 Å². The Balaban J connectivity index is 1.84. The van der Waals surface area contributed by atoms with Gasteiger partial charge < -0.3 is 5.32 Å². The minimum atomic E-state index is -0.402. The van der Waals surface area contributed by atoms with Crippen molar-refractivity contribution >= 4 is 27.5 Å². The van der Waals surface area contributed by atoms with Gasteiger partial charge in [0.1, 0.15) is 11.6 Å². The van der Waals surface area contributed by atoms with Crippen LogP contribution in [0.5, 0.6) is 0 Å². The maximum atomic E-state index is 13.0. The van der Waals surface area contributed by atoms with Gasteiger partial charge in [0, 0.05) is 10.2 Å². The van der Waals surface area contributed by atoms with Crippen LogP contribution in [0.2, 0.25) is 0 Å². The second kappa shape index (κ2) is 6.52. The molecular formula is C17H14BrFN4O. The number of halogens is 2. The van der Waals surface area contributed by atoms with Gasteiger partial charge in [0.2, 0.25) is 5.82 Å². The number of hydrogen-bond acceptors (Lipinski definition) is 3. The maximum absolute atomic E-state index is 13.0. The number of hydrogen-bond donors (Lipinski definition) is 1. The van der Waals surface area contributed by atoms with Crippen molar-refractivity contribution in [3.8, 4) is 5.69 Å². The van der Waals surface area contributed by atoms with Crippen molar-refractivity contribution in [2.75, 3.05) is 5.32 Å². The molecule has 122 valence electrons. The highest BCUT2D eigenvalue weighted by Gasteiger charge is 2.15. The van der Waals surface area contributed by atoms with E-state index in [-0.39, 0.29) is 11.6 Å². The zero-order valence-electron chi connectivity index (χ0n) is 13.0. The number of aromatic nitrogens is 3. The van der Waals surface area contributed by atoms with Gasteiger partial charge in [0.25, 0.3) is 5.91 Å². The van der Waals surface area contributed by atoms with Crippen LogP contribution in [0.15, 0.2) is 46.9 Å². The number of aryl methyl sites for hydroxylation is 2. The van der Waals surface area contributed by atoms with Crippen LogP contribution in [0.3, 0.4) is 0 Å². The third-order valence-electron chi connectivity index (χ3n) is 3.46. The van der Waals surface area contributed by atoms with E-state index < -0.39 is 5.91 Å². The van der Waals surface area contributed by atoms with Crippen molar-refractivity contribution < 1.29 is 9.18 Å². The lowest BCUT2D eigenvalue weighted by molar-refractivity contribution is 0.101. The molecule has 0 saturated heterocycles. The average Bonchev–Trinajstić information content (AvgIpc) is 2.94. The SMILES string of the molecule is Cc1cc(NC(=O)c2nc(C)n(-c3ccc(F)cc3)n2)ccc1Br. The zero-order valence-corrected chi connectivity index (χ0v) is 14.6. The van der Waals surface area contributed by atoms with Crippen LogP contribution in [0.25, 0.3) is 5.69 Å². The van der Waals surface area contributed by atoms with Crippen LogP contribution in [0.4, 0.5) is 10.1 Å². The molecule has 24 heavy (non-hydrogen) atoms. The van der Waals surface area contributed by atoms with E-state index in [1.807, 2.05) is 19.1 Å². The first-order chi connectivity index (χ1) is 11.4. The van der Waals surface area contributed by atoms with Gasteiger partial charge in [-0.2, -0.15) is 0 Å². The van der Waals surface area contributed by atoms with Crippen molar-refractivity contribution in [1.82, 2.24) is 14.8 Å². The molecule has 0 unspecified atom stereocenters. The minimum Gasteiger partial charge on any atom is -0.319 e. The molecule has 0 atom stereocenters. The topological polar surface area (TPSA) is 59.8 Å². The molecular weight excluding hydrogens is 375 g/mol. The van der Waals surface area contributed by atoms with E-state index in [0.717, 1.165) is 10.0 Å². The summed E-state index contributed by atoms with van der Waals surface area (Å²) in [4.78, 5) is 16.5. The first kappa shape index (κ1) is 16.3. The van der Waals surface area contributed by atoms with E-state index in [2.05, 4.69) is 31.3 Å². The Labute approximate surface area is 146 Å². The number of benzene rings is 2. The molecule has 1 aromatic heterocycles. The Morgan fingerprint density at radius 2 is 1.88 bits per heavy atom. The van der Waals surface area contributed by atoms with Gasteiger partial charge in [-0.3, -0.25) is 4.79 Å². The Morgan fingerprint density at radius 1 is 1.17 bits per heavy atom. The van der Waals surface area contributed by atoms with Gasteiger partial charge in [-0.15, -0.1) is 5.10 Å². The molecule has 0 aliphatic rings. The summed E-state index contributed by atoms with van der Waals surface area (Å²) in [7, 11) is 0. The fraction of sp³-hybridized carbons (Fsp3) is 0.118. The molecule has 0 fully saturated rings. The van der Waals surface area contributed by atoms with Crippen LogP contribution in [0.1, 0.15) is 22.0 Å². The Bertz CT molecular complexity index is 905. The van der Waals surface area contributed by atoms with Gasteiger partial charge in [0.15, 0.2) is 0 Å². The number of amides is 1. The third kappa shape index (κ3) is 3.35. The molecule has 0 bridgehead atoms. The summed E-state index contributed by atoms with van der Waals surface area (Å²) in [6, 6.07) is 11.3. The second-order valence-electron chi connectivity index (χ2n) is 5.29. The molecule has 0 aliphatic heterocycles. The quantitative estimate of drug-likeness (QED) is 0.736. The van der Waals surface area contributed by atoms with Gasteiger partial charge in [-0.05, 0) is 61.9 Å². The lowest BCUT2D eigenvalue weighted by atomic mass is 10.2. The van der Waals surface area contributed by atoms with E-state index in [1.165, 1.54) is 16.8 Å². The highest BCUT2D eigenvalue weighted by molar-refractivity contribution is 9.10. The second-order valence-corrected chi connectivity index (χ2v) is 6.14. The summed E-state index contributed by atoms with van der Waals surface area (Å²) in [5, 5.41) is 6.98. The number of nitrogens with zero attached hydrogens (tertiary/aromatic N) is 3. The van der Waals surface area contributed by atoms with E-state index in [0.29, 0.717) is 17.2 Å². The Hall–Kier alpha value is -2.54. The monoisotopic (exact) mass is 388 g/mol. The molecule has 7 heteroatoms. The van der Waals surface area contributed by atoms with E-state index in [9.17, 15) is 9.18 Å². The Kier molecular flexibility index (Phi) is 4.44. The number of anilines is 1. The van der Waals surface area contributed by atoms with Crippen LogP contribution in [-0.4, -0.2) is 20.7 Å². The van der Waals surface area contributed by atoms with Crippen molar-refractivity contribution in [3.05, 3.63) is 70.0 Å². The van der Waals surface area contributed by atoms with Crippen molar-refractivity contribution in [3.63, 3.8) is 0 Å². The molecule has 0 spiro atoms. The molecule has 5 nitrogen and oxygen atoms in total. The Morgan fingerprint density at radius 3 is 2.54 bits per heavy atom. The molecule has 2 aromatic carbocycles. The summed E-state index contributed by atoms with van der Waals surface area (Å²) in [6.07, 6.45) is 0. The highest BCUT2D eigenvalue weighted by Crippen LogP contribution is 2.20. The minimum absolute atomic E-state index is 0.0531. The fourth-order valence-electron chi connectivity index (χ4n) is 2.22. The standard InChI is InChI=1S/C17H14BrFN4O/c1-10-9-13(5-8-15(10)18)21-17(24)16-20-11(2)23(22-16)14-6-3-12(19)4-7-14/h3-9H,1-2H3,(H,21,24). The largest absolute Gasteiger partial charge is 0.319 e. The van der Waals surface area contributed by atoms with E-state index in [4.69, 9.17) is 0 Å². The van der Waals surface area contributed by atoms with Crippen molar-refractivity contribution in [2.24, 2.45) is 0 Å². The highest BCUT2D eigenvalue weighted by atomic mass is 79.9. The first-order valence-corrected chi connectivity index (χ1v) is 8.00. The van der Waals surface area contributed by atoms with Crippen molar-refractivity contribution in [1.29, 1.82) is 0 Å². The smallest absolute Gasteiger partial charge is 0.295 e. The van der Waals surface area contributed by atoms with Crippen LogP contribution in [-0.2, 0) is 0 Å². The lowest BCUT2D eigenvalue weighted by Crippen LogP contribution is -2.14. The first-order valence-electron chi connectivity index (χ1n) is 7.21. The van der Waals surface area contributed by atoms with Crippen LogP contribution in [0, 0.1) is 19.7 Å². The number of carbonyl (C=O) groups excluding carboxylic acids is 1. The van der Waals surface area contributed by atoms with E-state index >= 15 is 0 Å². The molecule has 0 radical (unpaired) electrons.